The molecule has 0 aliphatic carbocycles. The van der Waals surface area contributed by atoms with Crippen LogP contribution in [0.25, 0.3) is 22.2 Å². The molecule has 0 radical (unpaired) electrons. The van der Waals surface area contributed by atoms with Gasteiger partial charge in [0, 0.05) is 29.9 Å². The molecule has 8 heteroatoms. The maximum absolute atomic E-state index is 12.5. The Morgan fingerprint density at radius 2 is 1.77 bits per heavy atom. The summed E-state index contributed by atoms with van der Waals surface area (Å²) >= 11 is 0. The van der Waals surface area contributed by atoms with Crippen molar-refractivity contribution >= 4 is 23.0 Å². The molecule has 2 aromatic carbocycles. The molecule has 0 aliphatic heterocycles. The van der Waals surface area contributed by atoms with Gasteiger partial charge in [0.1, 0.15) is 11.5 Å². The first-order valence-corrected chi connectivity index (χ1v) is 8.79. The number of hydrogen-bond acceptors (Lipinski definition) is 6. The van der Waals surface area contributed by atoms with E-state index in [1.807, 2.05) is 0 Å². The van der Waals surface area contributed by atoms with Crippen molar-refractivity contribution in [3.63, 3.8) is 0 Å². The summed E-state index contributed by atoms with van der Waals surface area (Å²) in [5, 5.41) is 19.6. The van der Waals surface area contributed by atoms with Gasteiger partial charge in [-0.3, -0.25) is 9.78 Å². The molecule has 8 nitrogen and oxygen atoms in total. The van der Waals surface area contributed by atoms with Crippen LogP contribution in [0.1, 0.15) is 10.4 Å². The number of benzene rings is 2. The molecule has 0 atom stereocenters. The molecule has 0 amide bonds. The van der Waals surface area contributed by atoms with Crippen LogP contribution in [-0.2, 0) is 0 Å². The van der Waals surface area contributed by atoms with Gasteiger partial charge in [0.2, 0.25) is 0 Å². The first kappa shape index (κ1) is 18.9. The predicted molar refractivity (Wildman–Crippen MR) is 108 cm³/mol. The van der Waals surface area contributed by atoms with Gasteiger partial charge >= 0.3 is 12.1 Å². The van der Waals surface area contributed by atoms with Crippen LogP contribution in [0.15, 0.2) is 77.9 Å². The van der Waals surface area contributed by atoms with Crippen LogP contribution in [-0.4, -0.2) is 31.8 Å². The molecule has 0 aliphatic rings. The molecule has 2 aromatic heterocycles. The molecule has 148 valence electrons. The summed E-state index contributed by atoms with van der Waals surface area (Å²) in [5.74, 6) is -0.499. The average molecular weight is 402 g/mol. The van der Waals surface area contributed by atoms with Crippen LogP contribution in [0.3, 0.4) is 0 Å². The molecular formula is C22H14N2O6. The zero-order chi connectivity index (χ0) is 21.3. The van der Waals surface area contributed by atoms with Crippen LogP contribution in [0.4, 0.5) is 4.79 Å². The number of carboxylic acid groups (broad SMARTS) is 1. The van der Waals surface area contributed by atoms with Crippen LogP contribution in [0.5, 0.6) is 11.5 Å². The van der Waals surface area contributed by atoms with E-state index in [0.717, 1.165) is 4.57 Å². The van der Waals surface area contributed by atoms with E-state index in [-0.39, 0.29) is 39.1 Å². The van der Waals surface area contributed by atoms with Crippen LogP contribution in [0.2, 0.25) is 0 Å². The molecule has 0 bridgehead atoms. The highest BCUT2D eigenvalue weighted by Gasteiger charge is 2.17. The SMILES string of the molecule is O=C(Oc1ccc(-c2cc(=O)c3ccc(O)cc3n2C(=O)O)cc1)c1cccnc1. The molecule has 4 rings (SSSR count). The van der Waals surface area contributed by atoms with Crippen molar-refractivity contribution in [1.82, 2.24) is 9.55 Å². The molecular weight excluding hydrogens is 388 g/mol. The Morgan fingerprint density at radius 1 is 1.00 bits per heavy atom. The van der Waals surface area contributed by atoms with E-state index in [0.29, 0.717) is 5.56 Å². The van der Waals surface area contributed by atoms with Crippen molar-refractivity contribution in [2.45, 2.75) is 0 Å². The fraction of sp³-hybridized carbons (Fsp3) is 0. The minimum Gasteiger partial charge on any atom is -0.508 e. The van der Waals surface area contributed by atoms with Gasteiger partial charge in [-0.1, -0.05) is 0 Å². The highest BCUT2D eigenvalue weighted by atomic mass is 16.5. The summed E-state index contributed by atoms with van der Waals surface area (Å²) in [6, 6.07) is 14.4. The van der Waals surface area contributed by atoms with E-state index in [9.17, 15) is 24.6 Å². The van der Waals surface area contributed by atoms with Crippen molar-refractivity contribution in [2.24, 2.45) is 0 Å². The molecule has 0 fully saturated rings. The van der Waals surface area contributed by atoms with Crippen LogP contribution < -0.4 is 10.2 Å². The Kier molecular flexibility index (Phi) is 4.73. The Bertz CT molecular complexity index is 1330. The fourth-order valence-corrected chi connectivity index (χ4v) is 3.07. The maximum Gasteiger partial charge on any atom is 0.416 e. The zero-order valence-electron chi connectivity index (χ0n) is 15.4. The highest BCUT2D eigenvalue weighted by Crippen LogP contribution is 2.26. The summed E-state index contributed by atoms with van der Waals surface area (Å²) in [6.07, 6.45) is 1.61. The number of pyridine rings is 2. The van der Waals surface area contributed by atoms with Crippen molar-refractivity contribution in [3.05, 3.63) is 88.8 Å². The minimum absolute atomic E-state index is 0.0667. The number of phenols is 1. The molecule has 0 unspecified atom stereocenters. The Hall–Kier alpha value is -4.46. The van der Waals surface area contributed by atoms with E-state index < -0.39 is 12.1 Å². The number of carbonyl (C=O) groups is 2. The fourth-order valence-electron chi connectivity index (χ4n) is 3.07. The first-order chi connectivity index (χ1) is 14.4. The molecule has 4 aromatic rings. The van der Waals surface area contributed by atoms with Crippen LogP contribution >= 0.6 is 0 Å². The molecule has 0 saturated carbocycles. The Balaban J connectivity index is 1.74. The maximum atomic E-state index is 12.5. The van der Waals surface area contributed by atoms with E-state index in [2.05, 4.69) is 4.98 Å². The molecule has 2 N–H and O–H groups in total. The number of aromatic hydroxyl groups is 1. The van der Waals surface area contributed by atoms with Gasteiger partial charge < -0.3 is 14.9 Å². The highest BCUT2D eigenvalue weighted by molar-refractivity contribution is 5.93. The lowest BCUT2D eigenvalue weighted by molar-refractivity contribution is 0.0734. The summed E-state index contributed by atoms with van der Waals surface area (Å²) in [4.78, 5) is 40.4. The zero-order valence-corrected chi connectivity index (χ0v) is 15.4. The predicted octanol–water partition coefficient (Wildman–Crippen LogP) is 3.51. The number of fused-ring (bicyclic) bond motifs is 1. The van der Waals surface area contributed by atoms with E-state index in [4.69, 9.17) is 4.74 Å². The topological polar surface area (TPSA) is 119 Å². The molecule has 0 spiro atoms. The minimum atomic E-state index is -1.31. The van der Waals surface area contributed by atoms with Gasteiger partial charge in [0.25, 0.3) is 0 Å². The van der Waals surface area contributed by atoms with Gasteiger partial charge in [-0.25, -0.2) is 14.2 Å². The largest absolute Gasteiger partial charge is 0.508 e. The van der Waals surface area contributed by atoms with Gasteiger partial charge in [0.15, 0.2) is 5.43 Å². The average Bonchev–Trinajstić information content (AvgIpc) is 2.74. The van der Waals surface area contributed by atoms with Gasteiger partial charge in [0.05, 0.1) is 16.8 Å². The number of phenolic OH excluding ortho intramolecular Hbond substituents is 1. The summed E-state index contributed by atoms with van der Waals surface area (Å²) in [5.41, 5.74) is 0.508. The van der Waals surface area contributed by atoms with Crippen LogP contribution in [0, 0.1) is 0 Å². The summed E-state index contributed by atoms with van der Waals surface area (Å²) in [7, 11) is 0. The molecule has 0 saturated heterocycles. The van der Waals surface area contributed by atoms with Crippen molar-refractivity contribution in [3.8, 4) is 22.8 Å². The number of aromatic nitrogens is 2. The van der Waals surface area contributed by atoms with Gasteiger partial charge in [-0.05, 0) is 54.1 Å². The Morgan fingerprint density at radius 3 is 2.43 bits per heavy atom. The third-order valence-corrected chi connectivity index (χ3v) is 4.45. The summed E-state index contributed by atoms with van der Waals surface area (Å²) in [6.45, 7) is 0. The van der Waals surface area contributed by atoms with Crippen molar-refractivity contribution in [2.75, 3.05) is 0 Å². The second kappa shape index (κ2) is 7.51. The van der Waals surface area contributed by atoms with E-state index in [1.165, 1.54) is 60.9 Å². The summed E-state index contributed by atoms with van der Waals surface area (Å²) < 4.78 is 6.21. The third-order valence-electron chi connectivity index (χ3n) is 4.45. The van der Waals surface area contributed by atoms with Crippen molar-refractivity contribution in [1.29, 1.82) is 0 Å². The van der Waals surface area contributed by atoms with E-state index >= 15 is 0 Å². The lowest BCUT2D eigenvalue weighted by atomic mass is 10.1. The lowest BCUT2D eigenvalue weighted by Gasteiger charge is -2.13. The molecule has 2 heterocycles. The quantitative estimate of drug-likeness (QED) is 0.397. The normalized spacial score (nSPS) is 10.7. The number of ether oxygens (including phenoxy) is 1. The number of esters is 1. The second-order valence-corrected chi connectivity index (χ2v) is 6.37. The second-order valence-electron chi connectivity index (χ2n) is 6.37. The molecule has 30 heavy (non-hydrogen) atoms. The smallest absolute Gasteiger partial charge is 0.416 e. The lowest BCUT2D eigenvalue weighted by Crippen LogP contribution is -2.17. The number of rotatable bonds is 3. The van der Waals surface area contributed by atoms with Crippen molar-refractivity contribution < 1.29 is 24.5 Å². The number of hydrogen-bond donors (Lipinski definition) is 2. The Labute approximate surface area is 169 Å². The standard InChI is InChI=1S/C22H14N2O6/c25-15-5-8-17-19(10-15)24(22(28)29)18(11-20(17)26)13-3-6-16(7-4-13)30-21(27)14-2-1-9-23-12-14/h1-12,25H,(H,28,29). The monoisotopic (exact) mass is 402 g/mol. The van der Waals surface area contributed by atoms with Gasteiger partial charge in [-0.15, -0.1) is 0 Å². The van der Waals surface area contributed by atoms with Gasteiger partial charge in [-0.2, -0.15) is 0 Å². The number of nitrogens with zero attached hydrogens (tertiary/aromatic N) is 2. The third kappa shape index (κ3) is 3.49. The van der Waals surface area contributed by atoms with E-state index in [1.54, 1.807) is 12.1 Å². The first-order valence-electron chi connectivity index (χ1n) is 8.79. The number of carbonyl (C=O) groups excluding carboxylic acids is 1.